The minimum atomic E-state index is 0. The Morgan fingerprint density at radius 3 is 2.32 bits per heavy atom. The highest BCUT2D eigenvalue weighted by Gasteiger charge is 2.24. The van der Waals surface area contributed by atoms with Crippen molar-refractivity contribution in [2.24, 2.45) is 23.9 Å². The van der Waals surface area contributed by atoms with Gasteiger partial charge in [0.2, 0.25) is 0 Å². The largest absolute Gasteiger partial charge is 0.354 e. The van der Waals surface area contributed by atoms with Gasteiger partial charge in [0.25, 0.3) is 0 Å². The van der Waals surface area contributed by atoms with Gasteiger partial charge < -0.3 is 10.6 Å². The molecule has 0 aromatic carbocycles. The fraction of sp³-hybridized carbons (Fsp3) is 0.789. The molecule has 2 atom stereocenters. The zero-order valence-corrected chi connectivity index (χ0v) is 19.1. The highest BCUT2D eigenvalue weighted by atomic mass is 127. The molecule has 2 N–H and O–H groups in total. The molecule has 0 amide bonds. The number of guanidine groups is 1. The third-order valence-electron chi connectivity index (χ3n) is 5.20. The topological polar surface area (TPSA) is 54.2 Å². The van der Waals surface area contributed by atoms with Crippen LogP contribution in [0.25, 0.3) is 0 Å². The average molecular weight is 461 g/mol. The zero-order valence-electron chi connectivity index (χ0n) is 16.7. The third-order valence-corrected chi connectivity index (χ3v) is 5.20. The summed E-state index contributed by atoms with van der Waals surface area (Å²) in [5.41, 5.74) is 3.84. The van der Waals surface area contributed by atoms with E-state index >= 15 is 0 Å². The molecule has 2 rings (SSSR count). The SMILES string of the molecule is CCc1nn(C)c(CC)c1CNC(=NC)NC1CC(C)CC(C)C1.I. The lowest BCUT2D eigenvalue weighted by atomic mass is 9.80. The molecule has 0 bridgehead atoms. The van der Waals surface area contributed by atoms with Crippen molar-refractivity contribution >= 4 is 29.9 Å². The fourth-order valence-electron chi connectivity index (χ4n) is 4.22. The molecule has 1 aliphatic carbocycles. The van der Waals surface area contributed by atoms with Crippen LogP contribution < -0.4 is 10.6 Å². The van der Waals surface area contributed by atoms with Gasteiger partial charge in [-0.05, 0) is 43.9 Å². The van der Waals surface area contributed by atoms with Crippen LogP contribution >= 0.6 is 24.0 Å². The van der Waals surface area contributed by atoms with Crippen LogP contribution in [0.1, 0.15) is 63.9 Å². The molecule has 1 saturated carbocycles. The lowest BCUT2D eigenvalue weighted by Crippen LogP contribution is -2.46. The van der Waals surface area contributed by atoms with Gasteiger partial charge in [0.05, 0.1) is 5.69 Å². The van der Waals surface area contributed by atoms with Gasteiger partial charge in [-0.1, -0.05) is 27.7 Å². The van der Waals surface area contributed by atoms with Crippen LogP contribution in [0.15, 0.2) is 4.99 Å². The quantitative estimate of drug-likeness (QED) is 0.400. The first kappa shape index (κ1) is 22.3. The number of nitrogens with one attached hydrogen (secondary N) is 2. The second-order valence-corrected chi connectivity index (χ2v) is 7.39. The van der Waals surface area contributed by atoms with E-state index in [4.69, 9.17) is 0 Å². The monoisotopic (exact) mass is 461 g/mol. The van der Waals surface area contributed by atoms with Crippen molar-refractivity contribution in [1.29, 1.82) is 0 Å². The Labute approximate surface area is 170 Å². The number of rotatable bonds is 5. The van der Waals surface area contributed by atoms with E-state index in [1.807, 2.05) is 18.8 Å². The van der Waals surface area contributed by atoms with Crippen molar-refractivity contribution in [2.75, 3.05) is 7.05 Å². The molecular formula is C19H36IN5. The maximum atomic E-state index is 4.66. The van der Waals surface area contributed by atoms with E-state index in [-0.39, 0.29) is 24.0 Å². The van der Waals surface area contributed by atoms with E-state index in [2.05, 4.69) is 48.4 Å². The van der Waals surface area contributed by atoms with E-state index in [9.17, 15) is 0 Å². The third kappa shape index (κ3) is 5.86. The molecule has 0 saturated heterocycles. The summed E-state index contributed by atoms with van der Waals surface area (Å²) in [4.78, 5) is 4.43. The van der Waals surface area contributed by atoms with E-state index < -0.39 is 0 Å². The van der Waals surface area contributed by atoms with Crippen LogP contribution in [0.3, 0.4) is 0 Å². The molecule has 144 valence electrons. The Hall–Kier alpha value is -0.790. The van der Waals surface area contributed by atoms with Crippen LogP contribution in [0, 0.1) is 11.8 Å². The van der Waals surface area contributed by atoms with Gasteiger partial charge in [-0.25, -0.2) is 0 Å². The maximum Gasteiger partial charge on any atom is 0.191 e. The first-order chi connectivity index (χ1) is 11.5. The van der Waals surface area contributed by atoms with Crippen molar-refractivity contribution in [3.63, 3.8) is 0 Å². The molecule has 1 heterocycles. The molecule has 0 aliphatic heterocycles. The normalized spacial score (nSPS) is 23.9. The number of aliphatic imine (C=N–C) groups is 1. The molecule has 0 radical (unpaired) electrons. The van der Waals surface area contributed by atoms with Gasteiger partial charge in [0, 0.05) is 37.9 Å². The lowest BCUT2D eigenvalue weighted by Gasteiger charge is -2.32. The number of hydrogen-bond donors (Lipinski definition) is 2. The van der Waals surface area contributed by atoms with E-state index in [0.29, 0.717) is 6.04 Å². The minimum absolute atomic E-state index is 0. The summed E-state index contributed by atoms with van der Waals surface area (Å²) < 4.78 is 2.02. The first-order valence-corrected chi connectivity index (χ1v) is 9.49. The number of aromatic nitrogens is 2. The molecule has 2 unspecified atom stereocenters. The molecule has 0 spiro atoms. The summed E-state index contributed by atoms with van der Waals surface area (Å²) in [6.07, 6.45) is 5.79. The molecule has 6 heteroatoms. The van der Waals surface area contributed by atoms with Gasteiger partial charge >= 0.3 is 0 Å². The second kappa shape index (κ2) is 10.4. The van der Waals surface area contributed by atoms with Crippen LogP contribution in [-0.4, -0.2) is 28.8 Å². The summed E-state index contributed by atoms with van der Waals surface area (Å²) in [7, 11) is 3.90. The summed E-state index contributed by atoms with van der Waals surface area (Å²) >= 11 is 0. The van der Waals surface area contributed by atoms with E-state index in [1.165, 1.54) is 36.2 Å². The lowest BCUT2D eigenvalue weighted by molar-refractivity contribution is 0.255. The van der Waals surface area contributed by atoms with Gasteiger partial charge in [0.1, 0.15) is 0 Å². The fourth-order valence-corrected chi connectivity index (χ4v) is 4.22. The van der Waals surface area contributed by atoms with E-state index in [0.717, 1.165) is 37.2 Å². The molecule has 1 aromatic rings. The van der Waals surface area contributed by atoms with Gasteiger partial charge in [0.15, 0.2) is 5.96 Å². The smallest absolute Gasteiger partial charge is 0.191 e. The molecular weight excluding hydrogens is 425 g/mol. The summed E-state index contributed by atoms with van der Waals surface area (Å²) in [5, 5.41) is 11.8. The van der Waals surface area contributed by atoms with Gasteiger partial charge in [-0.3, -0.25) is 9.67 Å². The predicted octanol–water partition coefficient (Wildman–Crippen LogP) is 3.65. The highest BCUT2D eigenvalue weighted by molar-refractivity contribution is 14.0. The number of halogens is 1. The summed E-state index contributed by atoms with van der Waals surface area (Å²) in [5.74, 6) is 2.50. The van der Waals surface area contributed by atoms with Crippen LogP contribution in [0.5, 0.6) is 0 Å². The van der Waals surface area contributed by atoms with E-state index in [1.54, 1.807) is 0 Å². The van der Waals surface area contributed by atoms with Crippen LogP contribution in [-0.2, 0) is 26.4 Å². The molecule has 1 aliphatic rings. The van der Waals surface area contributed by atoms with Crippen molar-refractivity contribution in [3.8, 4) is 0 Å². The standard InChI is InChI=1S/C19H35N5.HI/c1-7-17-16(18(8-2)24(6)23-17)12-21-19(20-5)22-15-10-13(3)9-14(4)11-15;/h13-15H,7-12H2,1-6H3,(H2,20,21,22);1H. The summed E-state index contributed by atoms with van der Waals surface area (Å²) in [6, 6.07) is 0.528. The van der Waals surface area contributed by atoms with Crippen molar-refractivity contribution in [2.45, 2.75) is 72.4 Å². The molecule has 25 heavy (non-hydrogen) atoms. The van der Waals surface area contributed by atoms with Gasteiger partial charge in [-0.2, -0.15) is 5.10 Å². The van der Waals surface area contributed by atoms with Crippen LogP contribution in [0.2, 0.25) is 0 Å². The molecule has 1 fully saturated rings. The first-order valence-electron chi connectivity index (χ1n) is 9.49. The molecule has 1 aromatic heterocycles. The number of hydrogen-bond acceptors (Lipinski definition) is 2. The second-order valence-electron chi connectivity index (χ2n) is 7.39. The Morgan fingerprint density at radius 1 is 1.16 bits per heavy atom. The Balaban J connectivity index is 0.00000312. The van der Waals surface area contributed by atoms with Crippen LogP contribution in [0.4, 0.5) is 0 Å². The number of nitrogens with zero attached hydrogens (tertiary/aromatic N) is 3. The predicted molar refractivity (Wildman–Crippen MR) is 117 cm³/mol. The van der Waals surface area contributed by atoms with Gasteiger partial charge in [-0.15, -0.1) is 24.0 Å². The minimum Gasteiger partial charge on any atom is -0.354 e. The molecule has 5 nitrogen and oxygen atoms in total. The zero-order chi connectivity index (χ0) is 17.7. The Morgan fingerprint density at radius 2 is 1.80 bits per heavy atom. The Bertz CT molecular complexity index is 556. The van der Waals surface area contributed by atoms with Crippen molar-refractivity contribution in [3.05, 3.63) is 17.0 Å². The highest BCUT2D eigenvalue weighted by Crippen LogP contribution is 2.28. The number of aryl methyl sites for hydroxylation is 2. The maximum absolute atomic E-state index is 4.66. The average Bonchev–Trinajstić information content (AvgIpc) is 2.85. The Kier molecular flexibility index (Phi) is 9.24. The van der Waals surface area contributed by atoms with Crippen molar-refractivity contribution < 1.29 is 0 Å². The summed E-state index contributed by atoms with van der Waals surface area (Å²) in [6.45, 7) is 9.87. The van der Waals surface area contributed by atoms with Crippen molar-refractivity contribution in [1.82, 2.24) is 20.4 Å².